The van der Waals surface area contributed by atoms with Crippen molar-refractivity contribution in [3.63, 3.8) is 0 Å². The monoisotopic (exact) mass is 143 g/mol. The van der Waals surface area contributed by atoms with Crippen molar-refractivity contribution in [2.45, 2.75) is 38.4 Å². The summed E-state index contributed by atoms with van der Waals surface area (Å²) in [6.45, 7) is 2.26. The molecule has 0 aromatic carbocycles. The first kappa shape index (κ1) is 6.58. The lowest BCUT2D eigenvalue weighted by atomic mass is 9.87. The fourth-order valence-electron chi connectivity index (χ4n) is 1.71. The maximum absolute atomic E-state index is 5.16. The number of fused-ring (bicyclic) bond motifs is 1. The van der Waals surface area contributed by atoms with Crippen molar-refractivity contribution in [1.82, 2.24) is 5.64 Å². The van der Waals surface area contributed by atoms with Gasteiger partial charge in [0, 0.05) is 0 Å². The molecule has 10 heavy (non-hydrogen) atoms. The summed E-state index contributed by atoms with van der Waals surface area (Å²) < 4.78 is 0. The van der Waals surface area contributed by atoms with E-state index in [9.17, 15) is 0 Å². The summed E-state index contributed by atoms with van der Waals surface area (Å²) >= 11 is 0. The Balaban J connectivity index is 1.96. The molecule has 1 aliphatic carbocycles. The van der Waals surface area contributed by atoms with Gasteiger partial charge in [0.15, 0.2) is 0 Å². The predicted octanol–water partition coefficient (Wildman–Crippen LogP) is 1.01. The van der Waals surface area contributed by atoms with Crippen molar-refractivity contribution in [2.24, 2.45) is 5.92 Å². The summed E-state index contributed by atoms with van der Waals surface area (Å²) in [7, 11) is 0. The van der Waals surface area contributed by atoms with E-state index in [2.05, 4.69) is 12.6 Å². The van der Waals surface area contributed by atoms with Crippen LogP contribution in [0.5, 0.6) is 0 Å². The molecule has 0 amide bonds. The second-order valence-electron chi connectivity index (χ2n) is 3.31. The van der Waals surface area contributed by atoms with Crippen LogP contribution in [0, 0.1) is 5.92 Å². The first-order valence-electron chi connectivity index (χ1n) is 3.92. The van der Waals surface area contributed by atoms with Gasteiger partial charge in [0.2, 0.25) is 0 Å². The van der Waals surface area contributed by atoms with Gasteiger partial charge in [-0.3, -0.25) is 9.68 Å². The van der Waals surface area contributed by atoms with Crippen LogP contribution in [0.1, 0.15) is 26.2 Å². The second-order valence-corrected chi connectivity index (χ2v) is 3.31. The molecule has 0 aromatic rings. The van der Waals surface area contributed by atoms with Crippen molar-refractivity contribution in [3.8, 4) is 0 Å². The third kappa shape index (κ3) is 1.05. The van der Waals surface area contributed by atoms with E-state index in [1.165, 1.54) is 6.42 Å². The van der Waals surface area contributed by atoms with Crippen molar-refractivity contribution < 1.29 is 9.68 Å². The summed E-state index contributed by atoms with van der Waals surface area (Å²) in [5.41, 5.74) is 2.48. The highest BCUT2D eigenvalue weighted by molar-refractivity contribution is 4.80. The van der Waals surface area contributed by atoms with E-state index in [1.54, 1.807) is 0 Å². The molecule has 0 radical (unpaired) electrons. The molecule has 3 heteroatoms. The number of hydrogen-bond acceptors (Lipinski definition) is 3. The van der Waals surface area contributed by atoms with Crippen LogP contribution in [0.4, 0.5) is 0 Å². The van der Waals surface area contributed by atoms with Crippen molar-refractivity contribution >= 4 is 0 Å². The SMILES string of the molecule is CC1CCC2ONOC2C1. The highest BCUT2D eigenvalue weighted by Gasteiger charge is 2.34. The molecular formula is C7H13NO2. The third-order valence-electron chi connectivity index (χ3n) is 2.39. The van der Waals surface area contributed by atoms with E-state index in [0.717, 1.165) is 18.8 Å². The van der Waals surface area contributed by atoms with Crippen molar-refractivity contribution in [3.05, 3.63) is 0 Å². The molecule has 2 fully saturated rings. The lowest BCUT2D eigenvalue weighted by Gasteiger charge is -2.25. The lowest BCUT2D eigenvalue weighted by Crippen LogP contribution is -2.29. The Bertz CT molecular complexity index is 129. The molecule has 58 valence electrons. The fourth-order valence-corrected chi connectivity index (χ4v) is 1.71. The standard InChI is InChI=1S/C7H13NO2/c1-5-2-3-6-7(4-5)10-8-9-6/h5-8H,2-4H2,1H3. The van der Waals surface area contributed by atoms with Gasteiger partial charge < -0.3 is 0 Å². The summed E-state index contributed by atoms with van der Waals surface area (Å²) in [6, 6.07) is 0. The molecule has 1 heterocycles. The smallest absolute Gasteiger partial charge is 0.110 e. The van der Waals surface area contributed by atoms with Gasteiger partial charge in [0.05, 0.1) is 0 Å². The van der Waals surface area contributed by atoms with Gasteiger partial charge in [-0.05, 0) is 25.2 Å². The first-order valence-corrected chi connectivity index (χ1v) is 3.92. The Kier molecular flexibility index (Phi) is 1.64. The van der Waals surface area contributed by atoms with Crippen LogP contribution >= 0.6 is 0 Å². The molecule has 0 spiro atoms. The zero-order valence-electron chi connectivity index (χ0n) is 6.17. The van der Waals surface area contributed by atoms with Crippen LogP contribution in [0.25, 0.3) is 0 Å². The number of nitrogens with one attached hydrogen (secondary N) is 1. The molecule has 0 bridgehead atoms. The number of hydrogen-bond donors (Lipinski definition) is 1. The van der Waals surface area contributed by atoms with Crippen LogP contribution in [0.3, 0.4) is 0 Å². The van der Waals surface area contributed by atoms with Crippen LogP contribution in [0.2, 0.25) is 0 Å². The first-order chi connectivity index (χ1) is 4.86. The normalized spacial score (nSPS) is 47.1. The van der Waals surface area contributed by atoms with Gasteiger partial charge in [0.25, 0.3) is 0 Å². The average molecular weight is 143 g/mol. The van der Waals surface area contributed by atoms with Gasteiger partial charge in [-0.15, -0.1) is 0 Å². The molecule has 3 nitrogen and oxygen atoms in total. The van der Waals surface area contributed by atoms with E-state index >= 15 is 0 Å². The topological polar surface area (TPSA) is 30.5 Å². The van der Waals surface area contributed by atoms with Gasteiger partial charge >= 0.3 is 0 Å². The lowest BCUT2D eigenvalue weighted by molar-refractivity contribution is -0.0921. The maximum Gasteiger partial charge on any atom is 0.110 e. The highest BCUT2D eigenvalue weighted by atomic mass is 16.9. The largest absolute Gasteiger partial charge is 0.271 e. The number of rotatable bonds is 0. The van der Waals surface area contributed by atoms with Gasteiger partial charge in [-0.25, -0.2) is 0 Å². The Morgan fingerprint density at radius 3 is 2.90 bits per heavy atom. The molecule has 1 aliphatic heterocycles. The molecule has 1 saturated heterocycles. The minimum Gasteiger partial charge on any atom is -0.271 e. The molecule has 2 rings (SSSR count). The Morgan fingerprint density at radius 2 is 2.00 bits per heavy atom. The van der Waals surface area contributed by atoms with E-state index in [1.807, 2.05) is 0 Å². The van der Waals surface area contributed by atoms with E-state index in [4.69, 9.17) is 9.68 Å². The molecule has 3 unspecified atom stereocenters. The Morgan fingerprint density at radius 1 is 1.20 bits per heavy atom. The maximum atomic E-state index is 5.16. The minimum absolute atomic E-state index is 0.309. The van der Waals surface area contributed by atoms with Gasteiger partial charge in [0.1, 0.15) is 12.2 Å². The molecule has 0 aromatic heterocycles. The Hall–Kier alpha value is -0.120. The van der Waals surface area contributed by atoms with Crippen LogP contribution in [-0.4, -0.2) is 12.2 Å². The van der Waals surface area contributed by atoms with E-state index in [0.29, 0.717) is 12.2 Å². The van der Waals surface area contributed by atoms with Crippen LogP contribution in [0.15, 0.2) is 0 Å². The zero-order chi connectivity index (χ0) is 6.97. The van der Waals surface area contributed by atoms with Crippen LogP contribution < -0.4 is 5.64 Å². The highest BCUT2D eigenvalue weighted by Crippen LogP contribution is 2.29. The summed E-state index contributed by atoms with van der Waals surface area (Å²) in [5.74, 6) is 0.796. The molecule has 1 N–H and O–H groups in total. The van der Waals surface area contributed by atoms with Crippen LogP contribution in [-0.2, 0) is 9.68 Å². The molecular weight excluding hydrogens is 130 g/mol. The minimum atomic E-state index is 0.309. The van der Waals surface area contributed by atoms with E-state index in [-0.39, 0.29) is 0 Å². The van der Waals surface area contributed by atoms with Crippen molar-refractivity contribution in [2.75, 3.05) is 0 Å². The zero-order valence-corrected chi connectivity index (χ0v) is 6.17. The second kappa shape index (κ2) is 2.49. The van der Waals surface area contributed by atoms with Gasteiger partial charge in [-0.2, -0.15) is 0 Å². The van der Waals surface area contributed by atoms with Crippen molar-refractivity contribution in [1.29, 1.82) is 0 Å². The quantitative estimate of drug-likeness (QED) is 0.549. The summed E-state index contributed by atoms with van der Waals surface area (Å²) in [4.78, 5) is 10.3. The average Bonchev–Trinajstić information content (AvgIpc) is 2.33. The van der Waals surface area contributed by atoms with Gasteiger partial charge in [-0.1, -0.05) is 12.6 Å². The predicted molar refractivity (Wildman–Crippen MR) is 35.9 cm³/mol. The Labute approximate surface area is 60.6 Å². The third-order valence-corrected chi connectivity index (χ3v) is 2.39. The van der Waals surface area contributed by atoms with E-state index < -0.39 is 0 Å². The fraction of sp³-hybridized carbons (Fsp3) is 1.00. The molecule has 1 saturated carbocycles. The summed E-state index contributed by atoms with van der Waals surface area (Å²) in [6.07, 6.45) is 4.17. The molecule has 2 aliphatic rings. The molecule has 3 atom stereocenters. The summed E-state index contributed by atoms with van der Waals surface area (Å²) in [5, 5.41) is 0.